The molecule has 4 nitrogen and oxygen atoms in total. The Bertz CT molecular complexity index is 646. The number of rotatable bonds is 4. The molecule has 1 saturated carbocycles. The molecule has 3 rings (SSSR count). The summed E-state index contributed by atoms with van der Waals surface area (Å²) in [6.45, 7) is 0.992. The second-order valence-electron chi connectivity index (χ2n) is 5.64. The highest BCUT2D eigenvalue weighted by molar-refractivity contribution is 6.02. The second kappa shape index (κ2) is 5.12. The molecule has 104 valence electrons. The number of hydrogen-bond donors (Lipinski definition) is 2. The molecular formula is C16H20N4. The van der Waals surface area contributed by atoms with Crippen molar-refractivity contribution in [1.29, 1.82) is 5.41 Å². The van der Waals surface area contributed by atoms with E-state index in [1.165, 1.54) is 19.3 Å². The Kier molecular flexibility index (Phi) is 3.30. The lowest BCUT2D eigenvalue weighted by Crippen LogP contribution is -2.31. The molecule has 1 aliphatic rings. The molecule has 0 spiro atoms. The summed E-state index contributed by atoms with van der Waals surface area (Å²) in [6.07, 6.45) is 3.93. The summed E-state index contributed by atoms with van der Waals surface area (Å²) in [7, 11) is 2.04. The van der Waals surface area contributed by atoms with Crippen LogP contribution in [0.15, 0.2) is 30.3 Å². The van der Waals surface area contributed by atoms with Crippen LogP contribution in [-0.2, 0) is 0 Å². The molecule has 1 aromatic heterocycles. The van der Waals surface area contributed by atoms with E-state index in [2.05, 4.69) is 4.90 Å². The molecule has 0 amide bonds. The normalized spacial score (nSPS) is 15.1. The van der Waals surface area contributed by atoms with Gasteiger partial charge < -0.3 is 10.6 Å². The van der Waals surface area contributed by atoms with E-state index >= 15 is 0 Å². The van der Waals surface area contributed by atoms with Crippen LogP contribution in [0.5, 0.6) is 0 Å². The molecule has 0 unspecified atom stereocenters. The monoisotopic (exact) mass is 268 g/mol. The summed E-state index contributed by atoms with van der Waals surface area (Å²) < 4.78 is 0. The first-order valence-corrected chi connectivity index (χ1v) is 7.10. The van der Waals surface area contributed by atoms with Crippen molar-refractivity contribution >= 4 is 22.6 Å². The van der Waals surface area contributed by atoms with Gasteiger partial charge in [-0.2, -0.15) is 0 Å². The highest BCUT2D eigenvalue weighted by Gasteiger charge is 2.21. The van der Waals surface area contributed by atoms with Gasteiger partial charge in [-0.1, -0.05) is 24.6 Å². The van der Waals surface area contributed by atoms with Crippen LogP contribution >= 0.6 is 0 Å². The van der Waals surface area contributed by atoms with Gasteiger partial charge in [-0.05, 0) is 30.9 Å². The van der Waals surface area contributed by atoms with Crippen molar-refractivity contribution in [1.82, 2.24) is 4.98 Å². The minimum absolute atomic E-state index is 0.0821. The number of nitrogen functional groups attached to an aromatic ring is 1. The third-order valence-electron chi connectivity index (χ3n) is 4.11. The zero-order valence-electron chi connectivity index (χ0n) is 11.8. The van der Waals surface area contributed by atoms with Crippen molar-refractivity contribution in [2.24, 2.45) is 11.7 Å². The Balaban J connectivity index is 2.01. The van der Waals surface area contributed by atoms with Crippen LogP contribution in [0.25, 0.3) is 10.9 Å². The number of para-hydroxylation sites is 1. The largest absolute Gasteiger partial charge is 0.384 e. The number of nitrogens with zero attached hydrogens (tertiary/aromatic N) is 2. The fourth-order valence-electron chi connectivity index (χ4n) is 2.74. The smallest absolute Gasteiger partial charge is 0.140 e. The first kappa shape index (κ1) is 12.9. The topological polar surface area (TPSA) is 66.0 Å². The molecule has 1 aromatic carbocycles. The molecule has 20 heavy (non-hydrogen) atoms. The van der Waals surface area contributed by atoms with E-state index in [1.807, 2.05) is 37.4 Å². The number of pyridine rings is 1. The van der Waals surface area contributed by atoms with Crippen LogP contribution in [0, 0.1) is 11.3 Å². The number of benzene rings is 1. The van der Waals surface area contributed by atoms with Gasteiger partial charge in [0.05, 0.1) is 11.1 Å². The molecule has 3 N–H and O–H groups in total. The van der Waals surface area contributed by atoms with Gasteiger partial charge in [-0.25, -0.2) is 4.98 Å². The zero-order valence-corrected chi connectivity index (χ0v) is 11.8. The maximum atomic E-state index is 7.80. The Labute approximate surface area is 119 Å². The molecular weight excluding hydrogens is 248 g/mol. The molecule has 0 bridgehead atoms. The average Bonchev–Trinajstić information content (AvgIpc) is 2.41. The Morgan fingerprint density at radius 3 is 2.80 bits per heavy atom. The Hall–Kier alpha value is -2.10. The number of amidine groups is 1. The third kappa shape index (κ3) is 2.33. The van der Waals surface area contributed by atoms with Crippen molar-refractivity contribution < 1.29 is 0 Å². The number of fused-ring (bicyclic) bond motifs is 1. The molecule has 2 aromatic rings. The Morgan fingerprint density at radius 1 is 1.40 bits per heavy atom. The van der Waals surface area contributed by atoms with E-state index in [4.69, 9.17) is 16.1 Å². The third-order valence-corrected chi connectivity index (χ3v) is 4.11. The molecule has 1 aliphatic carbocycles. The van der Waals surface area contributed by atoms with Crippen LogP contribution in [0.4, 0.5) is 5.82 Å². The van der Waals surface area contributed by atoms with Crippen LogP contribution in [0.1, 0.15) is 24.8 Å². The predicted molar refractivity (Wildman–Crippen MR) is 83.4 cm³/mol. The standard InChI is InChI=1S/C16H20N4/c1-20(10-11-5-4-6-11)16-13(15(17)18)9-12-7-2-3-8-14(12)19-16/h2-3,7-9,11H,4-6,10H2,1H3,(H3,17,18). The van der Waals surface area contributed by atoms with Crippen LogP contribution in [-0.4, -0.2) is 24.4 Å². The van der Waals surface area contributed by atoms with Crippen LogP contribution in [0.3, 0.4) is 0 Å². The molecule has 4 heteroatoms. The van der Waals surface area contributed by atoms with E-state index in [9.17, 15) is 0 Å². The number of hydrogen-bond acceptors (Lipinski definition) is 3. The summed E-state index contributed by atoms with van der Waals surface area (Å²) in [5.41, 5.74) is 7.42. The quantitative estimate of drug-likeness (QED) is 0.662. The van der Waals surface area contributed by atoms with E-state index < -0.39 is 0 Å². The maximum Gasteiger partial charge on any atom is 0.140 e. The average molecular weight is 268 g/mol. The highest BCUT2D eigenvalue weighted by atomic mass is 15.2. The molecule has 0 radical (unpaired) electrons. The van der Waals surface area contributed by atoms with Crippen molar-refractivity contribution in [3.63, 3.8) is 0 Å². The highest BCUT2D eigenvalue weighted by Crippen LogP contribution is 2.29. The van der Waals surface area contributed by atoms with E-state index in [0.29, 0.717) is 0 Å². The lowest BCUT2D eigenvalue weighted by Gasteiger charge is -2.31. The van der Waals surface area contributed by atoms with Crippen molar-refractivity contribution in [3.8, 4) is 0 Å². The number of aromatic nitrogens is 1. The van der Waals surface area contributed by atoms with Gasteiger partial charge in [0, 0.05) is 19.0 Å². The van der Waals surface area contributed by atoms with Gasteiger partial charge in [-0.15, -0.1) is 0 Å². The van der Waals surface area contributed by atoms with Gasteiger partial charge in [0.1, 0.15) is 11.7 Å². The van der Waals surface area contributed by atoms with Gasteiger partial charge >= 0.3 is 0 Å². The number of nitrogens with one attached hydrogen (secondary N) is 1. The molecule has 0 aliphatic heterocycles. The lowest BCUT2D eigenvalue weighted by molar-refractivity contribution is 0.321. The van der Waals surface area contributed by atoms with Crippen molar-refractivity contribution in [2.75, 3.05) is 18.5 Å². The first-order valence-electron chi connectivity index (χ1n) is 7.10. The van der Waals surface area contributed by atoms with E-state index in [-0.39, 0.29) is 5.84 Å². The van der Waals surface area contributed by atoms with Crippen LogP contribution < -0.4 is 10.6 Å². The first-order chi connectivity index (χ1) is 9.65. The minimum atomic E-state index is 0.0821. The fourth-order valence-corrected chi connectivity index (χ4v) is 2.74. The number of nitrogens with two attached hydrogens (primary N) is 1. The zero-order chi connectivity index (χ0) is 14.1. The lowest BCUT2D eigenvalue weighted by atomic mass is 9.85. The molecule has 0 saturated heterocycles. The second-order valence-corrected chi connectivity index (χ2v) is 5.64. The predicted octanol–water partition coefficient (Wildman–Crippen LogP) is 2.76. The minimum Gasteiger partial charge on any atom is -0.384 e. The fraction of sp³-hybridized carbons (Fsp3) is 0.375. The molecule has 1 heterocycles. The summed E-state index contributed by atoms with van der Waals surface area (Å²) in [6, 6.07) is 9.94. The van der Waals surface area contributed by atoms with Crippen LogP contribution in [0.2, 0.25) is 0 Å². The van der Waals surface area contributed by atoms with Gasteiger partial charge in [-0.3, -0.25) is 5.41 Å². The van der Waals surface area contributed by atoms with Gasteiger partial charge in [0.25, 0.3) is 0 Å². The van der Waals surface area contributed by atoms with E-state index in [0.717, 1.165) is 34.7 Å². The summed E-state index contributed by atoms with van der Waals surface area (Å²) >= 11 is 0. The summed E-state index contributed by atoms with van der Waals surface area (Å²) in [4.78, 5) is 6.86. The summed E-state index contributed by atoms with van der Waals surface area (Å²) in [5.74, 6) is 1.66. The molecule has 0 atom stereocenters. The number of anilines is 1. The Morgan fingerprint density at radius 2 is 2.15 bits per heavy atom. The van der Waals surface area contributed by atoms with E-state index in [1.54, 1.807) is 0 Å². The van der Waals surface area contributed by atoms with Crippen molar-refractivity contribution in [2.45, 2.75) is 19.3 Å². The molecule has 1 fully saturated rings. The van der Waals surface area contributed by atoms with Crippen molar-refractivity contribution in [3.05, 3.63) is 35.9 Å². The SMILES string of the molecule is CN(CC1CCC1)c1nc2ccccc2cc1C(=N)N. The van der Waals surface area contributed by atoms with Gasteiger partial charge in [0.15, 0.2) is 0 Å². The van der Waals surface area contributed by atoms with Gasteiger partial charge in [0.2, 0.25) is 0 Å². The summed E-state index contributed by atoms with van der Waals surface area (Å²) in [5, 5.41) is 8.82. The maximum absolute atomic E-state index is 7.80.